The molecule has 0 atom stereocenters. The minimum Gasteiger partial charge on any atom is -0.466 e. The molecule has 88 valence electrons. The minimum atomic E-state index is 0.0683. The molecule has 0 aliphatic rings. The summed E-state index contributed by atoms with van der Waals surface area (Å²) in [5, 5.41) is 0. The van der Waals surface area contributed by atoms with Gasteiger partial charge in [0.25, 0.3) is 0 Å². The van der Waals surface area contributed by atoms with Gasteiger partial charge in [0.1, 0.15) is 23.1 Å². The maximum atomic E-state index is 11.5. The topological polar surface area (TPSA) is 47.3 Å². The zero-order chi connectivity index (χ0) is 12.0. The normalized spacial score (nSPS) is 10.4. The quantitative estimate of drug-likeness (QED) is 0.712. The van der Waals surface area contributed by atoms with Crippen LogP contribution in [-0.2, 0) is 22.4 Å². The Morgan fingerprint density at radius 1 is 1.06 bits per heavy atom. The van der Waals surface area contributed by atoms with Gasteiger partial charge in [-0.2, -0.15) is 0 Å². The molecular formula is C13H18O3. The predicted octanol–water partition coefficient (Wildman–Crippen LogP) is 2.71. The molecule has 1 aromatic rings. The molecule has 16 heavy (non-hydrogen) atoms. The van der Waals surface area contributed by atoms with E-state index in [1.54, 1.807) is 0 Å². The van der Waals surface area contributed by atoms with E-state index in [0.717, 1.165) is 12.2 Å². The first-order chi connectivity index (χ1) is 7.65. The number of aryl methyl sites for hydroxylation is 1. The monoisotopic (exact) mass is 222 g/mol. The average Bonchev–Trinajstić information content (AvgIpc) is 2.73. The van der Waals surface area contributed by atoms with Crippen molar-refractivity contribution in [1.82, 2.24) is 0 Å². The summed E-state index contributed by atoms with van der Waals surface area (Å²) in [5.41, 5.74) is 0. The molecule has 0 aliphatic carbocycles. The third-order valence-electron chi connectivity index (χ3n) is 2.51. The van der Waals surface area contributed by atoms with Gasteiger partial charge in [-0.15, -0.1) is 0 Å². The molecule has 0 amide bonds. The van der Waals surface area contributed by atoms with Crippen molar-refractivity contribution in [2.75, 3.05) is 0 Å². The summed E-state index contributed by atoms with van der Waals surface area (Å²) < 4.78 is 5.43. The van der Waals surface area contributed by atoms with Crippen molar-refractivity contribution in [3.63, 3.8) is 0 Å². The number of ketones is 2. The predicted molar refractivity (Wildman–Crippen MR) is 61.3 cm³/mol. The number of carbonyl (C=O) groups excluding carboxylic acids is 2. The van der Waals surface area contributed by atoms with Crippen LogP contribution in [0.2, 0.25) is 0 Å². The van der Waals surface area contributed by atoms with Crippen LogP contribution in [-0.4, -0.2) is 11.6 Å². The van der Waals surface area contributed by atoms with Gasteiger partial charge in [-0.05, 0) is 12.1 Å². The highest BCUT2D eigenvalue weighted by Gasteiger charge is 2.09. The van der Waals surface area contributed by atoms with Gasteiger partial charge in [0.05, 0.1) is 6.42 Å². The van der Waals surface area contributed by atoms with E-state index in [9.17, 15) is 9.59 Å². The second-order valence-electron chi connectivity index (χ2n) is 3.83. The molecule has 0 bridgehead atoms. The molecule has 1 heterocycles. The SMILES string of the molecule is CCC(=O)CCC(=O)Cc1ccc(CC)o1. The molecule has 1 rings (SSSR count). The van der Waals surface area contributed by atoms with E-state index in [2.05, 4.69) is 0 Å². The fourth-order valence-corrected chi connectivity index (χ4v) is 1.45. The lowest BCUT2D eigenvalue weighted by atomic mass is 10.1. The van der Waals surface area contributed by atoms with Gasteiger partial charge >= 0.3 is 0 Å². The van der Waals surface area contributed by atoms with E-state index < -0.39 is 0 Å². The molecule has 0 unspecified atom stereocenters. The van der Waals surface area contributed by atoms with Gasteiger partial charge in [-0.25, -0.2) is 0 Å². The molecule has 0 spiro atoms. The van der Waals surface area contributed by atoms with Gasteiger partial charge < -0.3 is 4.42 Å². The fraction of sp³-hybridized carbons (Fsp3) is 0.538. The maximum absolute atomic E-state index is 11.5. The number of hydrogen-bond donors (Lipinski definition) is 0. The summed E-state index contributed by atoms with van der Waals surface area (Å²) in [6.07, 6.45) is 2.33. The minimum absolute atomic E-state index is 0.0683. The smallest absolute Gasteiger partial charge is 0.140 e. The Balaban J connectivity index is 2.36. The molecule has 0 aliphatic heterocycles. The van der Waals surface area contributed by atoms with Crippen LogP contribution in [0.25, 0.3) is 0 Å². The first kappa shape index (κ1) is 12.7. The number of furan rings is 1. The molecule has 1 aromatic heterocycles. The Morgan fingerprint density at radius 2 is 1.69 bits per heavy atom. The van der Waals surface area contributed by atoms with Gasteiger partial charge in [-0.3, -0.25) is 9.59 Å². The van der Waals surface area contributed by atoms with Crippen LogP contribution in [0.1, 0.15) is 44.6 Å². The Labute approximate surface area is 95.8 Å². The summed E-state index contributed by atoms with van der Waals surface area (Å²) in [5.74, 6) is 1.80. The van der Waals surface area contributed by atoms with Crippen molar-refractivity contribution in [3.8, 4) is 0 Å². The highest BCUT2D eigenvalue weighted by atomic mass is 16.3. The van der Waals surface area contributed by atoms with Gasteiger partial charge in [0, 0.05) is 25.7 Å². The molecule has 3 nitrogen and oxygen atoms in total. The Hall–Kier alpha value is -1.38. The van der Waals surface area contributed by atoms with Gasteiger partial charge in [0.2, 0.25) is 0 Å². The van der Waals surface area contributed by atoms with Crippen LogP contribution in [0, 0.1) is 0 Å². The summed E-state index contributed by atoms with van der Waals surface area (Å²) in [4.78, 5) is 22.6. The summed E-state index contributed by atoms with van der Waals surface area (Å²) >= 11 is 0. The van der Waals surface area contributed by atoms with Gasteiger partial charge in [0.15, 0.2) is 0 Å². The van der Waals surface area contributed by atoms with Crippen molar-refractivity contribution >= 4 is 11.6 Å². The highest BCUT2D eigenvalue weighted by molar-refractivity contribution is 5.86. The van der Waals surface area contributed by atoms with Crippen LogP contribution in [0.5, 0.6) is 0 Å². The number of Topliss-reactive ketones (excluding diaryl/α,β-unsaturated/α-hetero) is 2. The largest absolute Gasteiger partial charge is 0.466 e. The molecule has 0 saturated carbocycles. The standard InChI is InChI=1S/C13H18O3/c1-3-10(14)5-6-11(15)9-13-8-7-12(4-2)16-13/h7-8H,3-6,9H2,1-2H3. The second-order valence-corrected chi connectivity index (χ2v) is 3.83. The second kappa shape index (κ2) is 6.26. The zero-order valence-electron chi connectivity index (χ0n) is 9.91. The van der Waals surface area contributed by atoms with Crippen molar-refractivity contribution < 1.29 is 14.0 Å². The first-order valence-corrected chi connectivity index (χ1v) is 5.76. The van der Waals surface area contributed by atoms with E-state index in [-0.39, 0.29) is 11.6 Å². The highest BCUT2D eigenvalue weighted by Crippen LogP contribution is 2.10. The molecule has 3 heteroatoms. The van der Waals surface area contributed by atoms with Crippen LogP contribution in [0.4, 0.5) is 0 Å². The van der Waals surface area contributed by atoms with Crippen LogP contribution in [0.15, 0.2) is 16.5 Å². The zero-order valence-corrected chi connectivity index (χ0v) is 9.91. The van der Waals surface area contributed by atoms with E-state index >= 15 is 0 Å². The van der Waals surface area contributed by atoms with Crippen molar-refractivity contribution in [3.05, 3.63) is 23.7 Å². The lowest BCUT2D eigenvalue weighted by Gasteiger charge is -1.97. The van der Waals surface area contributed by atoms with E-state index in [1.165, 1.54) is 0 Å². The number of hydrogen-bond acceptors (Lipinski definition) is 3. The lowest BCUT2D eigenvalue weighted by Crippen LogP contribution is -2.05. The van der Waals surface area contributed by atoms with Crippen molar-refractivity contribution in [2.45, 2.75) is 46.0 Å². The lowest BCUT2D eigenvalue weighted by molar-refractivity contribution is -0.123. The van der Waals surface area contributed by atoms with Crippen molar-refractivity contribution in [1.29, 1.82) is 0 Å². The van der Waals surface area contributed by atoms with Gasteiger partial charge in [-0.1, -0.05) is 13.8 Å². The van der Waals surface area contributed by atoms with Crippen LogP contribution < -0.4 is 0 Å². The van der Waals surface area contributed by atoms with Crippen molar-refractivity contribution in [2.24, 2.45) is 0 Å². The summed E-state index contributed by atoms with van der Waals surface area (Å²) in [6, 6.07) is 3.72. The van der Waals surface area contributed by atoms with Crippen LogP contribution >= 0.6 is 0 Å². The van der Waals surface area contributed by atoms with E-state index in [4.69, 9.17) is 4.42 Å². The fourth-order valence-electron chi connectivity index (χ4n) is 1.45. The average molecular weight is 222 g/mol. The third-order valence-corrected chi connectivity index (χ3v) is 2.51. The van der Waals surface area contributed by atoms with E-state index in [0.29, 0.717) is 31.4 Å². The Kier molecular flexibility index (Phi) is 4.96. The first-order valence-electron chi connectivity index (χ1n) is 5.76. The molecular weight excluding hydrogens is 204 g/mol. The Morgan fingerprint density at radius 3 is 2.25 bits per heavy atom. The molecule has 0 saturated heterocycles. The number of carbonyl (C=O) groups is 2. The van der Waals surface area contributed by atoms with E-state index in [1.807, 2.05) is 26.0 Å². The molecule has 0 aromatic carbocycles. The van der Waals surface area contributed by atoms with Crippen LogP contribution in [0.3, 0.4) is 0 Å². The summed E-state index contributed by atoms with van der Waals surface area (Å²) in [6.45, 7) is 3.82. The molecule has 0 radical (unpaired) electrons. The molecule has 0 N–H and O–H groups in total. The maximum Gasteiger partial charge on any atom is 0.140 e. The number of rotatable bonds is 7. The summed E-state index contributed by atoms with van der Waals surface area (Å²) in [7, 11) is 0. The Bertz CT molecular complexity index is 363. The third kappa shape index (κ3) is 4.01. The molecule has 0 fully saturated rings.